The lowest BCUT2D eigenvalue weighted by molar-refractivity contribution is -0.138. The second-order valence-electron chi connectivity index (χ2n) is 5.75. The lowest BCUT2D eigenvalue weighted by Crippen LogP contribution is -2.28. The van der Waals surface area contributed by atoms with Crippen molar-refractivity contribution in [2.75, 3.05) is 20.1 Å². The van der Waals surface area contributed by atoms with Crippen LogP contribution in [0.3, 0.4) is 0 Å². The molecule has 4 nitrogen and oxygen atoms in total. The third-order valence-corrected chi connectivity index (χ3v) is 3.65. The quantitative estimate of drug-likeness (QED) is 0.810. The van der Waals surface area contributed by atoms with Crippen LogP contribution in [0.4, 0.5) is 0 Å². The molecule has 0 spiro atoms. The van der Waals surface area contributed by atoms with E-state index in [2.05, 4.69) is 0 Å². The Hall–Kier alpha value is -2.33. The van der Waals surface area contributed by atoms with Crippen molar-refractivity contribution in [3.8, 4) is 5.75 Å². The second-order valence-corrected chi connectivity index (χ2v) is 5.75. The number of carbonyl (C=O) groups is 1. The summed E-state index contributed by atoms with van der Waals surface area (Å²) in [5, 5.41) is 8.85. The third kappa shape index (κ3) is 5.75. The highest BCUT2D eigenvalue weighted by Crippen LogP contribution is 2.25. The summed E-state index contributed by atoms with van der Waals surface area (Å²) in [7, 11) is 1.81. The molecule has 0 aliphatic heterocycles. The second kappa shape index (κ2) is 8.34. The van der Waals surface area contributed by atoms with Gasteiger partial charge in [-0.15, -0.1) is 0 Å². The number of hydrogen-bond acceptors (Lipinski definition) is 3. The van der Waals surface area contributed by atoms with Crippen molar-refractivity contribution >= 4 is 5.97 Å². The number of ether oxygens (including phenoxy) is 1. The number of hydrogen-bond donors (Lipinski definition) is 1. The van der Waals surface area contributed by atoms with Gasteiger partial charge in [0.1, 0.15) is 11.9 Å². The molecule has 0 heterocycles. The van der Waals surface area contributed by atoms with E-state index >= 15 is 0 Å². The van der Waals surface area contributed by atoms with Gasteiger partial charge in [-0.05, 0) is 31.7 Å². The van der Waals surface area contributed by atoms with Crippen molar-refractivity contribution in [1.82, 2.24) is 4.90 Å². The molecule has 2 aromatic rings. The predicted octanol–water partition coefficient (Wildman–Crippen LogP) is 3.52. The molecule has 1 N–H and O–H groups in total. The number of nitrogens with zero attached hydrogens (tertiary/aromatic N) is 1. The largest absolute Gasteiger partial charge is 0.486 e. The van der Waals surface area contributed by atoms with Crippen LogP contribution in [-0.4, -0.2) is 36.1 Å². The fraction of sp³-hybridized carbons (Fsp3) is 0.316. The normalized spacial score (nSPS) is 12.1. The van der Waals surface area contributed by atoms with Gasteiger partial charge in [0.25, 0.3) is 0 Å². The minimum absolute atomic E-state index is 0.0338. The summed E-state index contributed by atoms with van der Waals surface area (Å²) in [6.45, 7) is 2.73. The standard InChI is InChI=1S/C19H23NO3/c1-15-8-10-17(11-9-15)23-18(16-6-4-3-5-7-16)12-13-20(2)14-19(21)22/h3-11,18H,12-14H2,1-2H3,(H,21,22). The summed E-state index contributed by atoms with van der Waals surface area (Å²) in [6, 6.07) is 18.0. The van der Waals surface area contributed by atoms with E-state index < -0.39 is 5.97 Å². The molecular weight excluding hydrogens is 290 g/mol. The van der Waals surface area contributed by atoms with E-state index in [-0.39, 0.29) is 12.6 Å². The molecule has 122 valence electrons. The average molecular weight is 313 g/mol. The van der Waals surface area contributed by atoms with Gasteiger partial charge < -0.3 is 9.84 Å². The Morgan fingerprint density at radius 1 is 1.13 bits per heavy atom. The molecule has 0 fully saturated rings. The van der Waals surface area contributed by atoms with Crippen LogP contribution >= 0.6 is 0 Å². The third-order valence-electron chi connectivity index (χ3n) is 3.65. The van der Waals surface area contributed by atoms with Crippen molar-refractivity contribution in [2.45, 2.75) is 19.4 Å². The smallest absolute Gasteiger partial charge is 0.317 e. The van der Waals surface area contributed by atoms with Gasteiger partial charge in [-0.3, -0.25) is 9.69 Å². The highest BCUT2D eigenvalue weighted by Gasteiger charge is 2.15. The molecule has 0 aromatic heterocycles. The van der Waals surface area contributed by atoms with Crippen molar-refractivity contribution in [2.24, 2.45) is 0 Å². The van der Waals surface area contributed by atoms with Gasteiger partial charge in [0.05, 0.1) is 6.54 Å². The zero-order valence-corrected chi connectivity index (χ0v) is 13.6. The molecule has 0 aliphatic carbocycles. The van der Waals surface area contributed by atoms with Gasteiger partial charge in [0.15, 0.2) is 0 Å². The molecule has 1 atom stereocenters. The van der Waals surface area contributed by atoms with Gasteiger partial charge >= 0.3 is 5.97 Å². The van der Waals surface area contributed by atoms with Crippen LogP contribution in [0.5, 0.6) is 5.75 Å². The predicted molar refractivity (Wildman–Crippen MR) is 90.7 cm³/mol. The number of rotatable bonds is 8. The van der Waals surface area contributed by atoms with E-state index in [1.807, 2.05) is 68.6 Å². The van der Waals surface area contributed by atoms with E-state index in [0.717, 1.165) is 17.7 Å². The Morgan fingerprint density at radius 3 is 2.39 bits per heavy atom. The molecule has 0 aliphatic rings. The summed E-state index contributed by atoms with van der Waals surface area (Å²) in [5.74, 6) is 0.00792. The molecule has 0 amide bonds. The maximum absolute atomic E-state index is 10.8. The monoisotopic (exact) mass is 313 g/mol. The molecule has 2 aromatic carbocycles. The van der Waals surface area contributed by atoms with E-state index in [1.54, 1.807) is 4.90 Å². The van der Waals surface area contributed by atoms with Gasteiger partial charge in [-0.1, -0.05) is 48.0 Å². The van der Waals surface area contributed by atoms with E-state index in [1.165, 1.54) is 5.56 Å². The van der Waals surface area contributed by atoms with Gasteiger partial charge in [-0.25, -0.2) is 0 Å². The van der Waals surface area contributed by atoms with Gasteiger partial charge in [0.2, 0.25) is 0 Å². The van der Waals surface area contributed by atoms with Crippen molar-refractivity contribution in [1.29, 1.82) is 0 Å². The van der Waals surface area contributed by atoms with E-state index in [9.17, 15) is 4.79 Å². The first-order valence-corrected chi connectivity index (χ1v) is 7.73. The molecule has 0 saturated carbocycles. The molecule has 0 bridgehead atoms. The Balaban J connectivity index is 2.06. The lowest BCUT2D eigenvalue weighted by atomic mass is 10.1. The molecule has 0 radical (unpaired) electrons. The Kier molecular flexibility index (Phi) is 6.18. The number of benzene rings is 2. The van der Waals surface area contributed by atoms with Crippen LogP contribution in [-0.2, 0) is 4.79 Å². The summed E-state index contributed by atoms with van der Waals surface area (Å²) >= 11 is 0. The summed E-state index contributed by atoms with van der Waals surface area (Å²) in [5.41, 5.74) is 2.28. The Morgan fingerprint density at radius 2 is 1.78 bits per heavy atom. The zero-order chi connectivity index (χ0) is 16.7. The van der Waals surface area contributed by atoms with Gasteiger partial charge in [0, 0.05) is 13.0 Å². The summed E-state index contributed by atoms with van der Waals surface area (Å²) in [6.07, 6.45) is 0.622. The van der Waals surface area contributed by atoms with Crippen LogP contribution in [0.15, 0.2) is 54.6 Å². The highest BCUT2D eigenvalue weighted by molar-refractivity contribution is 5.68. The molecule has 1 unspecified atom stereocenters. The van der Waals surface area contributed by atoms with Crippen molar-refractivity contribution in [3.05, 3.63) is 65.7 Å². The van der Waals surface area contributed by atoms with E-state index in [0.29, 0.717) is 6.54 Å². The first-order chi connectivity index (χ1) is 11.0. The average Bonchev–Trinajstić information content (AvgIpc) is 2.53. The van der Waals surface area contributed by atoms with Crippen LogP contribution in [0.25, 0.3) is 0 Å². The summed E-state index contributed by atoms with van der Waals surface area (Å²) in [4.78, 5) is 12.6. The number of carboxylic acids is 1. The highest BCUT2D eigenvalue weighted by atomic mass is 16.5. The molecule has 2 rings (SSSR count). The lowest BCUT2D eigenvalue weighted by Gasteiger charge is -2.22. The zero-order valence-electron chi connectivity index (χ0n) is 13.6. The summed E-state index contributed by atoms with van der Waals surface area (Å²) < 4.78 is 6.14. The number of carboxylic acid groups (broad SMARTS) is 1. The van der Waals surface area contributed by atoms with Crippen molar-refractivity contribution in [3.63, 3.8) is 0 Å². The number of aryl methyl sites for hydroxylation is 1. The fourth-order valence-corrected chi connectivity index (χ4v) is 2.39. The maximum Gasteiger partial charge on any atom is 0.317 e. The molecule has 23 heavy (non-hydrogen) atoms. The van der Waals surface area contributed by atoms with Crippen LogP contribution in [0.1, 0.15) is 23.7 Å². The molecular formula is C19H23NO3. The Labute approximate surface area is 137 Å². The first-order valence-electron chi connectivity index (χ1n) is 7.73. The minimum atomic E-state index is -0.816. The maximum atomic E-state index is 10.8. The number of aliphatic carboxylic acids is 1. The SMILES string of the molecule is Cc1ccc(OC(CCN(C)CC(=O)O)c2ccccc2)cc1. The minimum Gasteiger partial charge on any atom is -0.486 e. The fourth-order valence-electron chi connectivity index (χ4n) is 2.39. The van der Waals surface area contributed by atoms with Crippen molar-refractivity contribution < 1.29 is 14.6 Å². The van der Waals surface area contributed by atoms with Crippen LogP contribution in [0.2, 0.25) is 0 Å². The Bertz CT molecular complexity index is 610. The van der Waals surface area contributed by atoms with Crippen LogP contribution in [0, 0.1) is 6.92 Å². The van der Waals surface area contributed by atoms with E-state index in [4.69, 9.17) is 9.84 Å². The first kappa shape index (κ1) is 17.0. The topological polar surface area (TPSA) is 49.8 Å². The van der Waals surface area contributed by atoms with Gasteiger partial charge in [-0.2, -0.15) is 0 Å². The molecule has 4 heteroatoms. The number of likely N-dealkylation sites (N-methyl/N-ethyl adjacent to an activating group) is 1. The van der Waals surface area contributed by atoms with Crippen LogP contribution < -0.4 is 4.74 Å². The molecule has 0 saturated heterocycles.